The summed E-state index contributed by atoms with van der Waals surface area (Å²) < 4.78 is 6.67. The van der Waals surface area contributed by atoms with E-state index in [0.717, 1.165) is 21.9 Å². The molecular weight excluding hydrogens is 649 g/mol. The fourth-order valence-corrected chi connectivity index (χ4v) is 9.33. The van der Waals surface area contributed by atoms with Crippen molar-refractivity contribution in [2.75, 3.05) is 0 Å². The Morgan fingerprint density at radius 1 is 0.327 bits per heavy atom. The van der Waals surface area contributed by atoms with Crippen LogP contribution in [0, 0.1) is 0 Å². The van der Waals surface area contributed by atoms with E-state index in [2.05, 4.69) is 181 Å². The Hall–Kier alpha value is -6.48. The Morgan fingerprint density at radius 2 is 0.827 bits per heavy atom. The van der Waals surface area contributed by atoms with Gasteiger partial charge in [-0.05, 0) is 123 Å². The standard InChI is InChI=1S/C50H30OS/c1-2-13-31(14-3-1)46-34-15-4-6-17-36(34)47(37-18-7-5-16-35(37)46)32-25-26-44-43(29-32)50-42(23-12-24-45(50)51-44)49-40-21-10-8-19-38(40)48(33-27-28-52-30-33)39-20-9-11-22-41(39)49/h1-30H. The van der Waals surface area contributed by atoms with Crippen LogP contribution in [-0.4, -0.2) is 0 Å². The van der Waals surface area contributed by atoms with Crippen LogP contribution in [0.15, 0.2) is 185 Å². The van der Waals surface area contributed by atoms with Crippen molar-refractivity contribution in [1.82, 2.24) is 0 Å². The molecule has 0 atom stereocenters. The van der Waals surface area contributed by atoms with Gasteiger partial charge in [0.05, 0.1) is 0 Å². The minimum Gasteiger partial charge on any atom is -0.456 e. The van der Waals surface area contributed by atoms with Crippen LogP contribution in [-0.2, 0) is 0 Å². The maximum Gasteiger partial charge on any atom is 0.136 e. The lowest BCUT2D eigenvalue weighted by molar-refractivity contribution is 0.669. The van der Waals surface area contributed by atoms with Crippen LogP contribution >= 0.6 is 11.3 Å². The zero-order chi connectivity index (χ0) is 34.2. The van der Waals surface area contributed by atoms with Crippen LogP contribution in [0.4, 0.5) is 0 Å². The molecule has 0 amide bonds. The van der Waals surface area contributed by atoms with Gasteiger partial charge in [-0.25, -0.2) is 0 Å². The van der Waals surface area contributed by atoms with Gasteiger partial charge in [-0.1, -0.05) is 146 Å². The molecule has 2 heterocycles. The van der Waals surface area contributed by atoms with Gasteiger partial charge >= 0.3 is 0 Å². The Balaban J connectivity index is 1.23. The van der Waals surface area contributed by atoms with E-state index in [1.165, 1.54) is 87.6 Å². The van der Waals surface area contributed by atoms with Crippen molar-refractivity contribution in [3.05, 3.63) is 181 Å². The molecule has 0 N–H and O–H groups in total. The minimum absolute atomic E-state index is 0.893. The topological polar surface area (TPSA) is 13.1 Å². The first-order chi connectivity index (χ1) is 25.8. The third-order valence-electron chi connectivity index (χ3n) is 10.8. The fraction of sp³-hybridized carbons (Fsp3) is 0. The van der Waals surface area contributed by atoms with E-state index in [9.17, 15) is 0 Å². The molecule has 0 aliphatic rings. The first kappa shape index (κ1) is 29.3. The Morgan fingerprint density at radius 3 is 1.37 bits per heavy atom. The third kappa shape index (κ3) is 4.28. The van der Waals surface area contributed by atoms with Gasteiger partial charge in [0.2, 0.25) is 0 Å². The van der Waals surface area contributed by atoms with E-state index in [4.69, 9.17) is 4.42 Å². The number of thiophene rings is 1. The highest BCUT2D eigenvalue weighted by Crippen LogP contribution is 2.49. The average molecular weight is 679 g/mol. The largest absolute Gasteiger partial charge is 0.456 e. The van der Waals surface area contributed by atoms with E-state index in [0.29, 0.717) is 0 Å². The van der Waals surface area contributed by atoms with Crippen LogP contribution < -0.4 is 0 Å². The van der Waals surface area contributed by atoms with Crippen molar-refractivity contribution < 1.29 is 4.42 Å². The van der Waals surface area contributed by atoms with Gasteiger partial charge in [0.25, 0.3) is 0 Å². The van der Waals surface area contributed by atoms with Crippen molar-refractivity contribution >= 4 is 76.4 Å². The van der Waals surface area contributed by atoms with E-state index in [1.807, 2.05) is 0 Å². The Bertz CT molecular complexity index is 3050. The molecule has 0 saturated carbocycles. The molecule has 52 heavy (non-hydrogen) atoms. The molecule has 0 saturated heterocycles. The summed E-state index contributed by atoms with van der Waals surface area (Å²) in [4.78, 5) is 0. The summed E-state index contributed by atoms with van der Waals surface area (Å²) in [6, 6.07) is 61.8. The second kappa shape index (κ2) is 11.5. The summed E-state index contributed by atoms with van der Waals surface area (Å²) >= 11 is 1.74. The molecule has 2 heteroatoms. The second-order valence-electron chi connectivity index (χ2n) is 13.6. The fourth-order valence-electron chi connectivity index (χ4n) is 8.68. The number of furan rings is 1. The van der Waals surface area contributed by atoms with Gasteiger partial charge in [-0.2, -0.15) is 11.3 Å². The predicted molar refractivity (Wildman–Crippen MR) is 223 cm³/mol. The molecule has 2 aromatic heterocycles. The first-order valence-electron chi connectivity index (χ1n) is 17.7. The minimum atomic E-state index is 0.893. The SMILES string of the molecule is c1ccc(-c2c3ccccc3c(-c3ccc4oc5cccc(-c6c7ccccc7c(-c7ccsc7)c7ccccc67)c5c4c3)c3ccccc23)cc1. The van der Waals surface area contributed by atoms with Crippen molar-refractivity contribution in [2.24, 2.45) is 0 Å². The van der Waals surface area contributed by atoms with Crippen LogP contribution in [0.25, 0.3) is 110 Å². The van der Waals surface area contributed by atoms with E-state index in [1.54, 1.807) is 11.3 Å². The Labute approximate surface area is 304 Å². The van der Waals surface area contributed by atoms with Crippen LogP contribution in [0.1, 0.15) is 0 Å². The van der Waals surface area contributed by atoms with Gasteiger partial charge in [0, 0.05) is 10.8 Å². The lowest BCUT2D eigenvalue weighted by Crippen LogP contribution is -1.91. The normalized spacial score (nSPS) is 11.8. The molecule has 1 nitrogen and oxygen atoms in total. The second-order valence-corrected chi connectivity index (χ2v) is 14.3. The third-order valence-corrected chi connectivity index (χ3v) is 11.5. The van der Waals surface area contributed by atoms with Gasteiger partial charge < -0.3 is 4.42 Å². The van der Waals surface area contributed by atoms with Crippen LogP contribution in [0.5, 0.6) is 0 Å². The lowest BCUT2D eigenvalue weighted by Gasteiger charge is -2.18. The summed E-state index contributed by atoms with van der Waals surface area (Å²) in [6.07, 6.45) is 0. The van der Waals surface area contributed by atoms with Crippen molar-refractivity contribution in [2.45, 2.75) is 0 Å². The van der Waals surface area contributed by atoms with E-state index < -0.39 is 0 Å². The molecular formula is C50H30OS. The molecule has 0 unspecified atom stereocenters. The summed E-state index contributed by atoms with van der Waals surface area (Å²) in [6.45, 7) is 0. The number of hydrogen-bond donors (Lipinski definition) is 0. The van der Waals surface area contributed by atoms with Gasteiger partial charge in [0.15, 0.2) is 0 Å². The number of hydrogen-bond acceptors (Lipinski definition) is 2. The smallest absolute Gasteiger partial charge is 0.136 e. The highest BCUT2D eigenvalue weighted by Gasteiger charge is 2.22. The molecule has 0 fully saturated rings. The van der Waals surface area contributed by atoms with Crippen molar-refractivity contribution in [1.29, 1.82) is 0 Å². The van der Waals surface area contributed by atoms with Crippen molar-refractivity contribution in [3.63, 3.8) is 0 Å². The van der Waals surface area contributed by atoms with Crippen LogP contribution in [0.2, 0.25) is 0 Å². The molecule has 242 valence electrons. The van der Waals surface area contributed by atoms with Gasteiger partial charge in [-0.3, -0.25) is 0 Å². The zero-order valence-corrected chi connectivity index (χ0v) is 29.0. The number of benzene rings is 9. The number of rotatable bonds is 4. The molecule has 0 bridgehead atoms. The molecule has 11 rings (SSSR count). The summed E-state index contributed by atoms with van der Waals surface area (Å²) in [5.74, 6) is 0. The molecule has 0 spiro atoms. The van der Waals surface area contributed by atoms with Gasteiger partial charge in [-0.15, -0.1) is 0 Å². The molecule has 9 aromatic carbocycles. The summed E-state index contributed by atoms with van der Waals surface area (Å²) in [5.41, 5.74) is 11.7. The highest BCUT2D eigenvalue weighted by atomic mass is 32.1. The highest BCUT2D eigenvalue weighted by molar-refractivity contribution is 7.08. The predicted octanol–water partition coefficient (Wildman–Crippen LogP) is 14.9. The molecule has 0 aliphatic heterocycles. The quantitative estimate of drug-likeness (QED) is 0.169. The van der Waals surface area contributed by atoms with E-state index >= 15 is 0 Å². The zero-order valence-electron chi connectivity index (χ0n) is 28.1. The monoisotopic (exact) mass is 678 g/mol. The first-order valence-corrected chi connectivity index (χ1v) is 18.7. The summed E-state index contributed by atoms with van der Waals surface area (Å²) in [7, 11) is 0. The van der Waals surface area contributed by atoms with Gasteiger partial charge in [0.1, 0.15) is 11.2 Å². The van der Waals surface area contributed by atoms with Crippen molar-refractivity contribution in [3.8, 4) is 44.5 Å². The maximum absolute atomic E-state index is 6.67. The molecule has 0 radical (unpaired) electrons. The Kier molecular flexibility index (Phi) is 6.49. The maximum atomic E-state index is 6.67. The molecule has 0 aliphatic carbocycles. The molecule has 11 aromatic rings. The summed E-state index contributed by atoms with van der Waals surface area (Å²) in [5, 5.41) is 16.7. The van der Waals surface area contributed by atoms with E-state index in [-0.39, 0.29) is 0 Å². The van der Waals surface area contributed by atoms with Crippen LogP contribution in [0.3, 0.4) is 0 Å². The lowest BCUT2D eigenvalue weighted by atomic mass is 9.84. The average Bonchev–Trinajstić information content (AvgIpc) is 3.88. The number of fused-ring (bicyclic) bond motifs is 7.